The zero-order chi connectivity index (χ0) is 22.5. The molecule has 2 aliphatic heterocycles. The Morgan fingerprint density at radius 2 is 2.19 bits per heavy atom. The first kappa shape index (κ1) is 22.6. The van der Waals surface area contributed by atoms with Crippen molar-refractivity contribution in [2.75, 3.05) is 37.0 Å². The second-order valence-corrected chi connectivity index (χ2v) is 8.17. The fourth-order valence-corrected chi connectivity index (χ4v) is 4.54. The number of likely N-dealkylation sites (N-methyl/N-ethyl adjacent to an activating group) is 2. The van der Waals surface area contributed by atoms with Crippen molar-refractivity contribution in [3.8, 4) is 5.97 Å². The molecular formula is C21H28BN5O4. The number of anilines is 2. The van der Waals surface area contributed by atoms with Crippen molar-refractivity contribution in [3.05, 3.63) is 23.3 Å². The van der Waals surface area contributed by atoms with Gasteiger partial charge in [-0.05, 0) is 36.8 Å². The van der Waals surface area contributed by atoms with Gasteiger partial charge in [-0.15, -0.1) is 0 Å². The number of carbonyl (C=O) groups is 3. The third kappa shape index (κ3) is 4.83. The van der Waals surface area contributed by atoms with Gasteiger partial charge in [-0.2, -0.15) is 0 Å². The number of aromatic carboxylic acids is 1. The van der Waals surface area contributed by atoms with E-state index in [0.29, 0.717) is 12.0 Å². The first-order valence-corrected chi connectivity index (χ1v) is 10.6. The summed E-state index contributed by atoms with van der Waals surface area (Å²) in [5.41, 5.74) is 2.59. The zero-order valence-corrected chi connectivity index (χ0v) is 17.9. The standard InChI is InChI=1S/C21H28BN5O4/c1-24-20(29)17(4-3-7-28)25-11-14-8-19-18(9-16(14)21(30)31)26(2)12-15-10-22(13-23)5-6-27(15)19/h7-9,15,17,25H,3-6,10-12H2,1-2H3,(H,24,29)(H,30,31). The number of benzene rings is 1. The van der Waals surface area contributed by atoms with Gasteiger partial charge in [-0.1, -0.05) is 0 Å². The smallest absolute Gasteiger partial charge is 0.336 e. The van der Waals surface area contributed by atoms with Gasteiger partial charge < -0.3 is 30.3 Å². The van der Waals surface area contributed by atoms with Gasteiger partial charge in [0.2, 0.25) is 5.91 Å². The van der Waals surface area contributed by atoms with Crippen molar-refractivity contribution < 1.29 is 19.5 Å². The van der Waals surface area contributed by atoms with E-state index in [1.165, 1.54) is 7.05 Å². The molecule has 9 nitrogen and oxygen atoms in total. The lowest BCUT2D eigenvalue weighted by Gasteiger charge is -2.46. The Hall–Kier alpha value is -3.06. The van der Waals surface area contributed by atoms with Crippen LogP contribution in [0.5, 0.6) is 0 Å². The molecule has 0 spiro atoms. The third-order valence-corrected chi connectivity index (χ3v) is 6.21. The average molecular weight is 425 g/mol. The Labute approximate surface area is 182 Å². The second kappa shape index (κ2) is 9.83. The molecule has 1 aromatic carbocycles. The minimum absolute atomic E-state index is 0.0433. The lowest BCUT2D eigenvalue weighted by Crippen LogP contribution is -2.53. The quantitative estimate of drug-likeness (QED) is 0.412. The number of fused-ring (bicyclic) bond motifs is 3. The summed E-state index contributed by atoms with van der Waals surface area (Å²) >= 11 is 0. The monoisotopic (exact) mass is 425 g/mol. The van der Waals surface area contributed by atoms with Gasteiger partial charge in [0.25, 0.3) is 6.71 Å². The molecule has 0 saturated carbocycles. The predicted molar refractivity (Wildman–Crippen MR) is 119 cm³/mol. The first-order chi connectivity index (χ1) is 14.9. The van der Waals surface area contributed by atoms with Crippen LogP contribution in [0.25, 0.3) is 0 Å². The predicted octanol–water partition coefficient (Wildman–Crippen LogP) is 0.764. The molecule has 2 heterocycles. The highest BCUT2D eigenvalue weighted by Crippen LogP contribution is 2.40. The molecule has 1 amide bonds. The van der Waals surface area contributed by atoms with E-state index < -0.39 is 12.0 Å². The molecule has 0 radical (unpaired) electrons. The molecule has 164 valence electrons. The number of nitrogens with one attached hydrogen (secondary N) is 2. The highest BCUT2D eigenvalue weighted by Gasteiger charge is 2.37. The highest BCUT2D eigenvalue weighted by atomic mass is 16.4. The summed E-state index contributed by atoms with van der Waals surface area (Å²) in [4.78, 5) is 39.2. The molecule has 0 aromatic heterocycles. The summed E-state index contributed by atoms with van der Waals surface area (Å²) in [5, 5.41) is 24.8. The maximum absolute atomic E-state index is 12.1. The van der Waals surface area contributed by atoms with Crippen molar-refractivity contribution in [2.24, 2.45) is 0 Å². The number of carboxylic acid groups (broad SMARTS) is 1. The largest absolute Gasteiger partial charge is 0.478 e. The molecule has 0 aliphatic carbocycles. The molecule has 2 aliphatic rings. The Morgan fingerprint density at radius 3 is 2.84 bits per heavy atom. The fraction of sp³-hybridized carbons (Fsp3) is 0.524. The number of hydrogen-bond acceptors (Lipinski definition) is 7. The van der Waals surface area contributed by atoms with Gasteiger partial charge in [-0.25, -0.2) is 10.1 Å². The molecule has 2 unspecified atom stereocenters. The Balaban J connectivity index is 1.91. The summed E-state index contributed by atoms with van der Waals surface area (Å²) in [6.07, 6.45) is 2.91. The van der Waals surface area contributed by atoms with Crippen LogP contribution in [0.15, 0.2) is 12.1 Å². The average Bonchev–Trinajstić information content (AvgIpc) is 2.77. The summed E-state index contributed by atoms with van der Waals surface area (Å²) in [6, 6.07) is 3.21. The summed E-state index contributed by atoms with van der Waals surface area (Å²) in [7, 11) is 3.47. The molecule has 1 saturated heterocycles. The van der Waals surface area contributed by atoms with Gasteiger partial charge >= 0.3 is 5.97 Å². The zero-order valence-electron chi connectivity index (χ0n) is 17.9. The Bertz CT molecular complexity index is 902. The van der Waals surface area contributed by atoms with Crippen LogP contribution in [-0.2, 0) is 16.1 Å². The normalized spacial score (nSPS) is 18.5. The van der Waals surface area contributed by atoms with Crippen LogP contribution in [-0.4, -0.2) is 69.3 Å². The Morgan fingerprint density at radius 1 is 1.42 bits per heavy atom. The van der Waals surface area contributed by atoms with Gasteiger partial charge in [0.15, 0.2) is 0 Å². The SMILES string of the molecule is CNC(=O)C(CCC=O)NCc1cc2c(cc1C(=O)O)N(C)CC1CB(C#N)CCN21. The third-order valence-electron chi connectivity index (χ3n) is 6.21. The van der Waals surface area contributed by atoms with E-state index in [1.54, 1.807) is 6.07 Å². The first-order valence-electron chi connectivity index (χ1n) is 10.6. The molecule has 1 fully saturated rings. The topological polar surface area (TPSA) is 126 Å². The number of aldehydes is 1. The highest BCUT2D eigenvalue weighted by molar-refractivity contribution is 6.67. The minimum Gasteiger partial charge on any atom is -0.478 e. The van der Waals surface area contributed by atoms with Gasteiger partial charge in [-0.3, -0.25) is 4.79 Å². The summed E-state index contributed by atoms with van der Waals surface area (Å²) in [5.74, 6) is 1.12. The van der Waals surface area contributed by atoms with Gasteiger partial charge in [0.05, 0.1) is 23.0 Å². The lowest BCUT2D eigenvalue weighted by atomic mass is 9.43. The molecule has 1 aromatic rings. The fourth-order valence-electron chi connectivity index (χ4n) is 4.54. The number of nitriles is 1. The van der Waals surface area contributed by atoms with Crippen LogP contribution in [0.1, 0.15) is 28.8 Å². The van der Waals surface area contributed by atoms with Gasteiger partial charge in [0, 0.05) is 52.2 Å². The minimum atomic E-state index is -1.03. The lowest BCUT2D eigenvalue weighted by molar-refractivity contribution is -0.122. The van der Waals surface area contributed by atoms with E-state index in [0.717, 1.165) is 43.4 Å². The Kier molecular flexibility index (Phi) is 7.18. The molecule has 3 rings (SSSR count). The van der Waals surface area contributed by atoms with E-state index in [-0.39, 0.29) is 37.2 Å². The maximum atomic E-state index is 12.1. The number of hydrogen-bond donors (Lipinski definition) is 3. The van der Waals surface area contributed by atoms with Crippen molar-refractivity contribution >= 4 is 36.3 Å². The van der Waals surface area contributed by atoms with E-state index in [2.05, 4.69) is 26.4 Å². The molecule has 10 heteroatoms. The van der Waals surface area contributed by atoms with Crippen LogP contribution < -0.4 is 20.4 Å². The number of rotatable bonds is 8. The van der Waals surface area contributed by atoms with Crippen molar-refractivity contribution in [3.63, 3.8) is 0 Å². The van der Waals surface area contributed by atoms with E-state index in [4.69, 9.17) is 0 Å². The molecule has 31 heavy (non-hydrogen) atoms. The second-order valence-electron chi connectivity index (χ2n) is 8.17. The number of carboxylic acids is 1. The van der Waals surface area contributed by atoms with Crippen LogP contribution in [0.3, 0.4) is 0 Å². The van der Waals surface area contributed by atoms with Crippen LogP contribution in [0.2, 0.25) is 12.6 Å². The van der Waals surface area contributed by atoms with Crippen LogP contribution in [0, 0.1) is 11.2 Å². The number of amides is 1. The summed E-state index contributed by atoms with van der Waals surface area (Å²) < 4.78 is 0. The molecule has 3 N–H and O–H groups in total. The van der Waals surface area contributed by atoms with E-state index in [1.807, 2.05) is 13.1 Å². The molecule has 0 bridgehead atoms. The molecule has 2 atom stereocenters. The van der Waals surface area contributed by atoms with Crippen LogP contribution >= 0.6 is 0 Å². The summed E-state index contributed by atoms with van der Waals surface area (Å²) in [6.45, 7) is 1.73. The van der Waals surface area contributed by atoms with Gasteiger partial charge in [0.1, 0.15) is 6.29 Å². The van der Waals surface area contributed by atoms with Crippen LogP contribution in [0.4, 0.5) is 11.4 Å². The van der Waals surface area contributed by atoms with E-state index >= 15 is 0 Å². The van der Waals surface area contributed by atoms with E-state index in [9.17, 15) is 24.8 Å². The van der Waals surface area contributed by atoms with Crippen molar-refractivity contribution in [1.29, 1.82) is 5.26 Å². The maximum Gasteiger partial charge on any atom is 0.336 e. The number of nitrogens with zero attached hydrogens (tertiary/aromatic N) is 3. The molecular weight excluding hydrogens is 397 g/mol. The number of carbonyl (C=O) groups excluding carboxylic acids is 2. The van der Waals surface area contributed by atoms with Crippen molar-refractivity contribution in [1.82, 2.24) is 10.6 Å². The van der Waals surface area contributed by atoms with Crippen molar-refractivity contribution in [2.45, 2.75) is 44.1 Å².